The van der Waals surface area contributed by atoms with Gasteiger partial charge in [0.25, 0.3) is 0 Å². The van der Waals surface area contributed by atoms with Crippen LogP contribution in [0.25, 0.3) is 0 Å². The number of benzene rings is 2. The highest BCUT2D eigenvalue weighted by molar-refractivity contribution is 7.90. The molecule has 22 heavy (non-hydrogen) atoms. The lowest BCUT2D eigenvalue weighted by Crippen LogP contribution is -2.00. The molecule has 0 spiro atoms. The minimum atomic E-state index is -3.63. The first-order valence-corrected chi connectivity index (χ1v) is 7.69. The Bertz CT molecular complexity index is 852. The largest absolute Gasteiger partial charge is 0.450 e. The van der Waals surface area contributed by atoms with E-state index in [4.69, 9.17) is 4.74 Å². The SMILES string of the molecule is CS(=O)(=O)c1ccc(Oc2ccc(F)c(F)c2)c([N+](=O)[O-])c1. The topological polar surface area (TPSA) is 86.5 Å². The van der Waals surface area contributed by atoms with Gasteiger partial charge in [-0.25, -0.2) is 17.2 Å². The van der Waals surface area contributed by atoms with Crippen LogP contribution in [0.2, 0.25) is 0 Å². The molecule has 0 N–H and O–H groups in total. The first-order chi connectivity index (χ1) is 10.2. The van der Waals surface area contributed by atoms with Gasteiger partial charge >= 0.3 is 5.69 Å². The average Bonchev–Trinajstić information content (AvgIpc) is 2.42. The Morgan fingerprint density at radius 1 is 1.09 bits per heavy atom. The standard InChI is InChI=1S/C13H9F2NO5S/c1-22(19,20)9-3-5-13(12(7-9)16(17)18)21-8-2-4-10(14)11(15)6-8/h2-7H,1H3. The maximum absolute atomic E-state index is 13.1. The molecule has 0 saturated carbocycles. The normalized spacial score (nSPS) is 11.2. The summed E-state index contributed by atoms with van der Waals surface area (Å²) >= 11 is 0. The molecule has 6 nitrogen and oxygen atoms in total. The predicted octanol–water partition coefficient (Wildman–Crippen LogP) is 3.07. The van der Waals surface area contributed by atoms with Crippen molar-refractivity contribution >= 4 is 15.5 Å². The molecular formula is C13H9F2NO5S. The van der Waals surface area contributed by atoms with Crippen molar-refractivity contribution in [1.82, 2.24) is 0 Å². The quantitative estimate of drug-likeness (QED) is 0.635. The smallest absolute Gasteiger partial charge is 0.312 e. The van der Waals surface area contributed by atoms with Crippen molar-refractivity contribution in [2.45, 2.75) is 4.90 Å². The van der Waals surface area contributed by atoms with Gasteiger partial charge in [-0.3, -0.25) is 10.1 Å². The van der Waals surface area contributed by atoms with Crippen molar-refractivity contribution in [1.29, 1.82) is 0 Å². The third kappa shape index (κ3) is 3.37. The summed E-state index contributed by atoms with van der Waals surface area (Å²) < 4.78 is 53.9. The monoisotopic (exact) mass is 329 g/mol. The summed E-state index contributed by atoms with van der Waals surface area (Å²) in [5.41, 5.74) is -0.604. The van der Waals surface area contributed by atoms with Gasteiger partial charge in [-0.15, -0.1) is 0 Å². The molecule has 0 unspecified atom stereocenters. The predicted molar refractivity (Wildman–Crippen MR) is 72.6 cm³/mol. The molecule has 2 aromatic rings. The summed E-state index contributed by atoms with van der Waals surface area (Å²) in [5.74, 6) is -2.71. The van der Waals surface area contributed by atoms with E-state index >= 15 is 0 Å². The zero-order chi connectivity index (χ0) is 16.5. The molecule has 9 heteroatoms. The van der Waals surface area contributed by atoms with Crippen LogP contribution in [-0.2, 0) is 9.84 Å². The summed E-state index contributed by atoms with van der Waals surface area (Å²) in [5, 5.41) is 11.0. The fourth-order valence-electron chi connectivity index (χ4n) is 1.62. The molecule has 0 radical (unpaired) electrons. The summed E-state index contributed by atoms with van der Waals surface area (Å²) in [6.45, 7) is 0. The number of halogens is 2. The maximum Gasteiger partial charge on any atom is 0.312 e. The fraction of sp³-hybridized carbons (Fsp3) is 0.0769. The average molecular weight is 329 g/mol. The van der Waals surface area contributed by atoms with Crippen molar-refractivity contribution in [3.05, 3.63) is 58.1 Å². The van der Waals surface area contributed by atoms with Gasteiger partial charge in [0, 0.05) is 18.4 Å². The Morgan fingerprint density at radius 3 is 2.32 bits per heavy atom. The molecule has 0 amide bonds. The molecule has 0 atom stereocenters. The zero-order valence-electron chi connectivity index (χ0n) is 11.1. The highest BCUT2D eigenvalue weighted by Gasteiger charge is 2.20. The maximum atomic E-state index is 13.1. The van der Waals surface area contributed by atoms with E-state index in [1.807, 2.05) is 0 Å². The van der Waals surface area contributed by atoms with Crippen LogP contribution in [0.5, 0.6) is 11.5 Å². The number of hydrogen-bond donors (Lipinski definition) is 0. The molecule has 0 fully saturated rings. The van der Waals surface area contributed by atoms with Gasteiger partial charge in [0.2, 0.25) is 5.75 Å². The van der Waals surface area contributed by atoms with Crippen LogP contribution in [0, 0.1) is 21.7 Å². The highest BCUT2D eigenvalue weighted by atomic mass is 32.2. The van der Waals surface area contributed by atoms with Crippen LogP contribution in [-0.4, -0.2) is 19.6 Å². The molecule has 0 aliphatic rings. The number of rotatable bonds is 4. The second kappa shape index (κ2) is 5.68. The number of nitrogens with zero attached hydrogens (tertiary/aromatic N) is 1. The number of nitro groups is 1. The number of sulfone groups is 1. The molecular weight excluding hydrogens is 320 g/mol. The fourth-order valence-corrected chi connectivity index (χ4v) is 2.27. The second-order valence-corrected chi connectivity index (χ2v) is 6.35. The van der Waals surface area contributed by atoms with Crippen molar-refractivity contribution in [2.75, 3.05) is 6.26 Å². The lowest BCUT2D eigenvalue weighted by molar-refractivity contribution is -0.385. The molecule has 0 saturated heterocycles. The Kier molecular flexibility index (Phi) is 4.09. The summed E-state index contributed by atoms with van der Waals surface area (Å²) in [4.78, 5) is 9.93. The Hall–Kier alpha value is -2.55. The minimum Gasteiger partial charge on any atom is -0.450 e. The Morgan fingerprint density at radius 2 is 1.77 bits per heavy atom. The van der Waals surface area contributed by atoms with Crippen LogP contribution in [0.3, 0.4) is 0 Å². The van der Waals surface area contributed by atoms with Crippen molar-refractivity contribution in [3.63, 3.8) is 0 Å². The number of ether oxygens (including phenoxy) is 1. The molecule has 0 heterocycles. The molecule has 0 aliphatic heterocycles. The van der Waals surface area contributed by atoms with Gasteiger partial charge in [-0.1, -0.05) is 0 Å². The second-order valence-electron chi connectivity index (χ2n) is 4.34. The van der Waals surface area contributed by atoms with Crippen LogP contribution in [0.4, 0.5) is 14.5 Å². The van der Waals surface area contributed by atoms with E-state index in [0.717, 1.165) is 42.7 Å². The van der Waals surface area contributed by atoms with Crippen molar-refractivity contribution < 1.29 is 26.9 Å². The van der Waals surface area contributed by atoms with Gasteiger partial charge in [0.15, 0.2) is 21.5 Å². The van der Waals surface area contributed by atoms with Crippen LogP contribution in [0.15, 0.2) is 41.3 Å². The summed E-state index contributed by atoms with van der Waals surface area (Å²) in [7, 11) is -3.63. The third-order valence-corrected chi connectivity index (χ3v) is 3.78. The van der Waals surface area contributed by atoms with Crippen LogP contribution in [0.1, 0.15) is 0 Å². The van der Waals surface area contributed by atoms with E-state index in [0.29, 0.717) is 0 Å². The van der Waals surface area contributed by atoms with Gasteiger partial charge in [0.1, 0.15) is 5.75 Å². The van der Waals surface area contributed by atoms with E-state index < -0.39 is 32.1 Å². The molecule has 0 bridgehead atoms. The molecule has 0 aromatic heterocycles. The Balaban J connectivity index is 2.46. The third-order valence-electron chi connectivity index (χ3n) is 2.67. The van der Waals surface area contributed by atoms with Crippen molar-refractivity contribution in [3.8, 4) is 11.5 Å². The van der Waals surface area contributed by atoms with E-state index in [2.05, 4.69) is 0 Å². The lowest BCUT2D eigenvalue weighted by atomic mass is 10.3. The number of hydrogen-bond acceptors (Lipinski definition) is 5. The summed E-state index contributed by atoms with van der Waals surface area (Å²) in [6.07, 6.45) is 0.905. The molecule has 116 valence electrons. The van der Waals surface area contributed by atoms with Gasteiger partial charge < -0.3 is 4.74 Å². The van der Waals surface area contributed by atoms with Crippen molar-refractivity contribution in [2.24, 2.45) is 0 Å². The first-order valence-electron chi connectivity index (χ1n) is 5.80. The first kappa shape index (κ1) is 15.8. The van der Waals surface area contributed by atoms with E-state index in [9.17, 15) is 27.3 Å². The number of nitro benzene ring substituents is 1. The highest BCUT2D eigenvalue weighted by Crippen LogP contribution is 2.33. The van der Waals surface area contributed by atoms with E-state index in [-0.39, 0.29) is 16.4 Å². The van der Waals surface area contributed by atoms with Crippen LogP contribution < -0.4 is 4.74 Å². The van der Waals surface area contributed by atoms with Crippen LogP contribution >= 0.6 is 0 Å². The van der Waals surface area contributed by atoms with Gasteiger partial charge in [0.05, 0.1) is 9.82 Å². The van der Waals surface area contributed by atoms with Gasteiger partial charge in [-0.05, 0) is 24.3 Å². The summed E-state index contributed by atoms with van der Waals surface area (Å²) in [6, 6.07) is 5.66. The van der Waals surface area contributed by atoms with E-state index in [1.54, 1.807) is 0 Å². The lowest BCUT2D eigenvalue weighted by Gasteiger charge is -2.07. The molecule has 0 aliphatic carbocycles. The zero-order valence-corrected chi connectivity index (χ0v) is 11.9. The Labute approximate surface area is 124 Å². The van der Waals surface area contributed by atoms with E-state index in [1.165, 1.54) is 0 Å². The van der Waals surface area contributed by atoms with Gasteiger partial charge in [-0.2, -0.15) is 0 Å². The molecule has 2 rings (SSSR count). The minimum absolute atomic E-state index is 0.158. The molecule has 2 aromatic carbocycles.